The second-order valence-corrected chi connectivity index (χ2v) is 4.61. The molecule has 1 atom stereocenters. The maximum Gasteiger partial charge on any atom is 0.253 e. The Labute approximate surface area is 114 Å². The molecule has 4 N–H and O–H groups in total. The number of anilines is 1. The lowest BCUT2D eigenvalue weighted by molar-refractivity contribution is 0.0892. The molecule has 5 nitrogen and oxygen atoms in total. The monoisotopic (exact) mass is 265 g/mol. The van der Waals surface area contributed by atoms with Gasteiger partial charge in [-0.15, -0.1) is 0 Å². The van der Waals surface area contributed by atoms with Gasteiger partial charge >= 0.3 is 0 Å². The molecule has 0 saturated carbocycles. The first kappa shape index (κ1) is 15.5. The SMILES string of the molecule is CCCC(COC)NC(=O)c1cc(C)ccc1NN. The molecule has 1 aromatic rings. The maximum absolute atomic E-state index is 12.3. The lowest BCUT2D eigenvalue weighted by atomic mass is 10.1. The number of methoxy groups -OCH3 is 1. The largest absolute Gasteiger partial charge is 0.383 e. The minimum Gasteiger partial charge on any atom is -0.383 e. The number of nitrogen functional groups attached to an aromatic ring is 1. The van der Waals surface area contributed by atoms with Crippen LogP contribution in [0.25, 0.3) is 0 Å². The van der Waals surface area contributed by atoms with Crippen LogP contribution in [0.4, 0.5) is 5.69 Å². The number of ether oxygens (including phenoxy) is 1. The standard InChI is InChI=1S/C14H23N3O2/c1-4-5-11(9-19-3)16-14(18)12-8-10(2)6-7-13(12)17-15/h6-8,11,17H,4-5,9,15H2,1-3H3,(H,16,18). The lowest BCUT2D eigenvalue weighted by Crippen LogP contribution is -2.38. The highest BCUT2D eigenvalue weighted by Crippen LogP contribution is 2.16. The van der Waals surface area contributed by atoms with Crippen molar-refractivity contribution in [2.75, 3.05) is 19.1 Å². The zero-order chi connectivity index (χ0) is 14.3. The Morgan fingerprint density at radius 3 is 2.79 bits per heavy atom. The van der Waals surface area contributed by atoms with Crippen molar-refractivity contribution in [3.63, 3.8) is 0 Å². The van der Waals surface area contributed by atoms with Crippen LogP contribution in [0, 0.1) is 6.92 Å². The van der Waals surface area contributed by atoms with Crippen LogP contribution in [-0.4, -0.2) is 25.7 Å². The number of benzene rings is 1. The summed E-state index contributed by atoms with van der Waals surface area (Å²) in [7, 11) is 1.63. The molecule has 1 unspecified atom stereocenters. The number of hydrazine groups is 1. The molecule has 0 aromatic heterocycles. The van der Waals surface area contributed by atoms with Gasteiger partial charge in [-0.1, -0.05) is 25.0 Å². The Kier molecular flexibility index (Phi) is 6.32. The molecule has 0 aliphatic carbocycles. The summed E-state index contributed by atoms with van der Waals surface area (Å²) >= 11 is 0. The van der Waals surface area contributed by atoms with Gasteiger partial charge in [-0.3, -0.25) is 10.6 Å². The van der Waals surface area contributed by atoms with Gasteiger partial charge in [0.1, 0.15) is 0 Å². The number of amides is 1. The summed E-state index contributed by atoms with van der Waals surface area (Å²) < 4.78 is 5.12. The predicted octanol–water partition coefficient (Wildman–Crippen LogP) is 1.83. The summed E-state index contributed by atoms with van der Waals surface area (Å²) in [6.07, 6.45) is 1.88. The first-order valence-electron chi connectivity index (χ1n) is 6.49. The second-order valence-electron chi connectivity index (χ2n) is 4.61. The van der Waals surface area contributed by atoms with E-state index < -0.39 is 0 Å². The van der Waals surface area contributed by atoms with E-state index >= 15 is 0 Å². The van der Waals surface area contributed by atoms with Crippen molar-refractivity contribution < 1.29 is 9.53 Å². The average Bonchev–Trinajstić information content (AvgIpc) is 2.39. The molecule has 1 rings (SSSR count). The van der Waals surface area contributed by atoms with E-state index in [4.69, 9.17) is 10.6 Å². The first-order valence-corrected chi connectivity index (χ1v) is 6.49. The molecule has 1 amide bonds. The highest BCUT2D eigenvalue weighted by molar-refractivity contribution is 5.99. The van der Waals surface area contributed by atoms with E-state index in [2.05, 4.69) is 17.7 Å². The summed E-state index contributed by atoms with van der Waals surface area (Å²) in [6, 6.07) is 5.55. The van der Waals surface area contributed by atoms with Crippen molar-refractivity contribution >= 4 is 11.6 Å². The van der Waals surface area contributed by atoms with Crippen molar-refractivity contribution in [1.29, 1.82) is 0 Å². The van der Waals surface area contributed by atoms with Gasteiger partial charge in [0.25, 0.3) is 5.91 Å². The first-order chi connectivity index (χ1) is 9.12. The van der Waals surface area contributed by atoms with E-state index in [-0.39, 0.29) is 11.9 Å². The van der Waals surface area contributed by atoms with Gasteiger partial charge in [-0.05, 0) is 25.5 Å². The molecular weight excluding hydrogens is 242 g/mol. The number of rotatable bonds is 7. The number of nitrogens with two attached hydrogens (primary N) is 1. The summed E-state index contributed by atoms with van der Waals surface area (Å²) in [5, 5.41) is 2.98. The topological polar surface area (TPSA) is 76.4 Å². The Bertz CT molecular complexity index is 415. The van der Waals surface area contributed by atoms with E-state index in [1.165, 1.54) is 0 Å². The summed E-state index contributed by atoms with van der Waals surface area (Å²) in [5.74, 6) is 5.30. The van der Waals surface area contributed by atoms with Crippen LogP contribution < -0.4 is 16.6 Å². The molecule has 0 fully saturated rings. The molecule has 5 heteroatoms. The van der Waals surface area contributed by atoms with Gasteiger partial charge in [0.15, 0.2) is 0 Å². The van der Waals surface area contributed by atoms with Gasteiger partial charge < -0.3 is 15.5 Å². The zero-order valence-electron chi connectivity index (χ0n) is 11.8. The molecule has 0 spiro atoms. The third-order valence-electron chi connectivity index (χ3n) is 2.92. The third kappa shape index (κ3) is 4.54. The van der Waals surface area contributed by atoms with Crippen LogP contribution >= 0.6 is 0 Å². The van der Waals surface area contributed by atoms with Gasteiger partial charge in [0, 0.05) is 7.11 Å². The van der Waals surface area contributed by atoms with Crippen LogP contribution in [0.2, 0.25) is 0 Å². The lowest BCUT2D eigenvalue weighted by Gasteiger charge is -2.18. The van der Waals surface area contributed by atoms with Gasteiger partial charge in [0.2, 0.25) is 0 Å². The molecule has 0 radical (unpaired) electrons. The quantitative estimate of drug-likeness (QED) is 0.519. The normalized spacial score (nSPS) is 12.0. The molecule has 0 aliphatic heterocycles. The van der Waals surface area contributed by atoms with Crippen LogP contribution in [-0.2, 0) is 4.74 Å². The molecule has 0 heterocycles. The summed E-state index contributed by atoms with van der Waals surface area (Å²) in [6.45, 7) is 4.53. The van der Waals surface area contributed by atoms with Crippen molar-refractivity contribution in [2.24, 2.45) is 5.84 Å². The fourth-order valence-corrected chi connectivity index (χ4v) is 1.98. The second kappa shape index (κ2) is 7.76. The van der Waals surface area contributed by atoms with Crippen molar-refractivity contribution in [2.45, 2.75) is 32.7 Å². The number of aryl methyl sites for hydroxylation is 1. The Morgan fingerprint density at radius 1 is 1.47 bits per heavy atom. The van der Waals surface area contributed by atoms with Crippen LogP contribution in [0.3, 0.4) is 0 Å². The highest BCUT2D eigenvalue weighted by atomic mass is 16.5. The van der Waals surface area contributed by atoms with Crippen molar-refractivity contribution in [3.05, 3.63) is 29.3 Å². The highest BCUT2D eigenvalue weighted by Gasteiger charge is 2.15. The summed E-state index contributed by atoms with van der Waals surface area (Å²) in [4.78, 5) is 12.3. The molecular formula is C14H23N3O2. The molecule has 19 heavy (non-hydrogen) atoms. The molecule has 106 valence electrons. The Balaban J connectivity index is 2.83. The van der Waals surface area contributed by atoms with Crippen LogP contribution in [0.5, 0.6) is 0 Å². The minimum absolute atomic E-state index is 0.0219. The predicted molar refractivity (Wildman–Crippen MR) is 77.0 cm³/mol. The number of carbonyl (C=O) groups excluding carboxylic acids is 1. The Morgan fingerprint density at radius 2 is 2.21 bits per heavy atom. The average molecular weight is 265 g/mol. The molecule has 0 bridgehead atoms. The van der Waals surface area contributed by atoms with Crippen molar-refractivity contribution in [3.8, 4) is 0 Å². The number of carbonyl (C=O) groups is 1. The van der Waals surface area contributed by atoms with Gasteiger partial charge in [-0.25, -0.2) is 0 Å². The fraction of sp³-hybridized carbons (Fsp3) is 0.500. The van der Waals surface area contributed by atoms with Gasteiger partial charge in [0.05, 0.1) is 23.9 Å². The van der Waals surface area contributed by atoms with Crippen LogP contribution in [0.1, 0.15) is 35.7 Å². The zero-order valence-corrected chi connectivity index (χ0v) is 11.8. The molecule has 0 saturated heterocycles. The fourth-order valence-electron chi connectivity index (χ4n) is 1.98. The minimum atomic E-state index is -0.132. The van der Waals surface area contributed by atoms with E-state index in [9.17, 15) is 4.79 Å². The van der Waals surface area contributed by atoms with Crippen molar-refractivity contribution in [1.82, 2.24) is 5.32 Å². The smallest absolute Gasteiger partial charge is 0.253 e. The summed E-state index contributed by atoms with van der Waals surface area (Å²) in [5.41, 5.74) is 4.74. The molecule has 1 aromatic carbocycles. The maximum atomic E-state index is 12.3. The Hall–Kier alpha value is -1.59. The number of nitrogens with one attached hydrogen (secondary N) is 2. The third-order valence-corrected chi connectivity index (χ3v) is 2.92. The number of hydrogen-bond donors (Lipinski definition) is 3. The van der Waals surface area contributed by atoms with E-state index in [0.717, 1.165) is 18.4 Å². The van der Waals surface area contributed by atoms with E-state index in [0.29, 0.717) is 17.9 Å². The van der Waals surface area contributed by atoms with E-state index in [1.807, 2.05) is 19.1 Å². The van der Waals surface area contributed by atoms with Crippen LogP contribution in [0.15, 0.2) is 18.2 Å². The van der Waals surface area contributed by atoms with E-state index in [1.54, 1.807) is 13.2 Å². The molecule has 0 aliphatic rings. The van der Waals surface area contributed by atoms with Gasteiger partial charge in [-0.2, -0.15) is 0 Å². The number of hydrogen-bond acceptors (Lipinski definition) is 4.